The number of unbranched alkanes of at least 4 members (excludes halogenated alkanes) is 8. The molecule has 118 valence electrons. The minimum absolute atomic E-state index is 0. The summed E-state index contributed by atoms with van der Waals surface area (Å²) in [5, 5.41) is 8.50. The first-order valence-corrected chi connectivity index (χ1v) is 8.29. The van der Waals surface area contributed by atoms with Gasteiger partial charge in [-0.05, 0) is 38.5 Å². The average Bonchev–Trinajstić information content (AvgIpc) is 2.43. The molecule has 0 aromatic carbocycles. The fourth-order valence-corrected chi connectivity index (χ4v) is 2.09. The van der Waals surface area contributed by atoms with Gasteiger partial charge in [0.25, 0.3) is 0 Å². The molecule has 0 aliphatic carbocycles. The molecule has 0 heterocycles. The van der Waals surface area contributed by atoms with Crippen LogP contribution in [0.15, 0.2) is 24.3 Å². The number of aliphatic carboxylic acids is 1. The number of hydrogen-bond donors (Lipinski definition) is 1. The minimum atomic E-state index is -0.671. The second-order valence-corrected chi connectivity index (χ2v) is 5.37. The molecule has 0 atom stereocenters. The van der Waals surface area contributed by atoms with Crippen molar-refractivity contribution in [1.29, 1.82) is 0 Å². The van der Waals surface area contributed by atoms with Crippen LogP contribution in [-0.4, -0.2) is 11.1 Å². The summed E-state index contributed by atoms with van der Waals surface area (Å²) in [5.74, 6) is -0.671. The van der Waals surface area contributed by atoms with Gasteiger partial charge in [-0.3, -0.25) is 4.79 Å². The zero-order valence-electron chi connectivity index (χ0n) is 15.2. The number of carboxylic acid groups (broad SMARTS) is 1. The molecule has 0 bridgehead atoms. The molecule has 3 heteroatoms. The molecule has 0 unspecified atom stereocenters. The quantitative estimate of drug-likeness (QED) is 0.303. The standard InChI is InChI=1S/C18H32O2.Li.H/c1-2-3-4-5-6-7-8-9-10-11-12-13-14-15-16-17-18(19)20;;/h6-7,9-10H,2-5,8,11-17H2,1H3,(H,19,20);;/q;+1;-1/b7-6-,10-9-;;. The van der Waals surface area contributed by atoms with Gasteiger partial charge < -0.3 is 6.53 Å². The second kappa shape index (κ2) is 19.5. The van der Waals surface area contributed by atoms with Gasteiger partial charge in [0.2, 0.25) is 0 Å². The Morgan fingerprint density at radius 3 is 1.95 bits per heavy atom. The van der Waals surface area contributed by atoms with Gasteiger partial charge in [0.15, 0.2) is 0 Å². The third-order valence-corrected chi connectivity index (χ3v) is 3.34. The summed E-state index contributed by atoms with van der Waals surface area (Å²) in [6, 6.07) is 0. The van der Waals surface area contributed by atoms with E-state index >= 15 is 0 Å². The van der Waals surface area contributed by atoms with E-state index < -0.39 is 5.97 Å². The first-order valence-electron chi connectivity index (χ1n) is 8.29. The van der Waals surface area contributed by atoms with Crippen molar-refractivity contribution >= 4 is 5.97 Å². The Kier molecular flexibility index (Phi) is 21.2. The average molecular weight is 288 g/mol. The van der Waals surface area contributed by atoms with Crippen molar-refractivity contribution in [3.8, 4) is 0 Å². The van der Waals surface area contributed by atoms with Crippen molar-refractivity contribution in [2.75, 3.05) is 0 Å². The molecule has 0 amide bonds. The molecule has 0 aliphatic heterocycles. The van der Waals surface area contributed by atoms with Crippen LogP contribution in [0.1, 0.15) is 85.4 Å². The van der Waals surface area contributed by atoms with E-state index in [2.05, 4.69) is 31.2 Å². The van der Waals surface area contributed by atoms with Crippen molar-refractivity contribution in [3.63, 3.8) is 0 Å². The Hall–Kier alpha value is -0.453. The van der Waals surface area contributed by atoms with Gasteiger partial charge in [0.1, 0.15) is 0 Å². The maximum Gasteiger partial charge on any atom is 1.00 e. The first-order chi connectivity index (χ1) is 9.77. The van der Waals surface area contributed by atoms with Crippen LogP contribution in [0.3, 0.4) is 0 Å². The molecule has 0 radical (unpaired) electrons. The fourth-order valence-electron chi connectivity index (χ4n) is 2.09. The van der Waals surface area contributed by atoms with Crippen molar-refractivity contribution < 1.29 is 30.2 Å². The van der Waals surface area contributed by atoms with E-state index in [9.17, 15) is 4.79 Å². The van der Waals surface area contributed by atoms with Crippen LogP contribution in [0.2, 0.25) is 0 Å². The molecule has 21 heavy (non-hydrogen) atoms. The zero-order valence-corrected chi connectivity index (χ0v) is 14.2. The number of carbonyl (C=O) groups is 1. The molecule has 0 spiro atoms. The van der Waals surface area contributed by atoms with Crippen LogP contribution in [0, 0.1) is 0 Å². The van der Waals surface area contributed by atoms with Crippen molar-refractivity contribution in [2.45, 2.75) is 84.0 Å². The topological polar surface area (TPSA) is 37.3 Å². The first kappa shape index (κ1) is 22.8. The van der Waals surface area contributed by atoms with Gasteiger partial charge in [-0.15, -0.1) is 0 Å². The maximum absolute atomic E-state index is 10.3. The van der Waals surface area contributed by atoms with Gasteiger partial charge in [-0.2, -0.15) is 0 Å². The van der Waals surface area contributed by atoms with Crippen LogP contribution in [0.25, 0.3) is 0 Å². The predicted molar refractivity (Wildman–Crippen MR) is 88.1 cm³/mol. The fraction of sp³-hybridized carbons (Fsp3) is 0.722. The summed E-state index contributed by atoms with van der Waals surface area (Å²) in [5.41, 5.74) is 0. The molecule has 0 rings (SSSR count). The molecule has 0 saturated carbocycles. The molecule has 2 nitrogen and oxygen atoms in total. The number of carboxylic acids is 1. The van der Waals surface area contributed by atoms with Gasteiger partial charge in [0.05, 0.1) is 0 Å². The molecule has 0 aromatic rings. The van der Waals surface area contributed by atoms with Crippen molar-refractivity contribution in [3.05, 3.63) is 24.3 Å². The van der Waals surface area contributed by atoms with Gasteiger partial charge in [-0.1, -0.05) is 63.3 Å². The van der Waals surface area contributed by atoms with Crippen LogP contribution in [-0.2, 0) is 4.79 Å². The largest absolute Gasteiger partial charge is 1.00 e. The molecular weight excluding hydrogens is 255 g/mol. The van der Waals surface area contributed by atoms with Crippen LogP contribution >= 0.6 is 0 Å². The summed E-state index contributed by atoms with van der Waals surface area (Å²) in [7, 11) is 0. The summed E-state index contributed by atoms with van der Waals surface area (Å²) < 4.78 is 0. The summed E-state index contributed by atoms with van der Waals surface area (Å²) in [4.78, 5) is 10.3. The van der Waals surface area contributed by atoms with Gasteiger partial charge in [-0.25, -0.2) is 0 Å². The zero-order chi connectivity index (χ0) is 14.9. The van der Waals surface area contributed by atoms with Crippen LogP contribution in [0.4, 0.5) is 0 Å². The summed E-state index contributed by atoms with van der Waals surface area (Å²) in [6.45, 7) is 2.23. The number of allylic oxidation sites excluding steroid dienone is 4. The second-order valence-electron chi connectivity index (χ2n) is 5.37. The number of rotatable bonds is 14. The van der Waals surface area contributed by atoms with Crippen LogP contribution < -0.4 is 18.9 Å². The summed E-state index contributed by atoms with van der Waals surface area (Å²) >= 11 is 0. The Bertz CT molecular complexity index is 278. The Balaban J connectivity index is -0.00000180. The Morgan fingerprint density at radius 2 is 1.38 bits per heavy atom. The Labute approximate surface area is 144 Å². The van der Waals surface area contributed by atoms with E-state index in [4.69, 9.17) is 5.11 Å². The molecular formula is C18H33LiO2. The molecule has 0 aromatic heterocycles. The SMILES string of the molecule is CCCCC/C=C\C/C=C\CCCCCCCC(=O)O.[H-].[Li+]. The number of hydrogen-bond acceptors (Lipinski definition) is 1. The van der Waals surface area contributed by atoms with E-state index in [1.807, 2.05) is 0 Å². The van der Waals surface area contributed by atoms with Crippen LogP contribution in [0.5, 0.6) is 0 Å². The summed E-state index contributed by atoms with van der Waals surface area (Å²) in [6.07, 6.45) is 22.3. The third-order valence-electron chi connectivity index (χ3n) is 3.34. The van der Waals surface area contributed by atoms with E-state index in [1.54, 1.807) is 0 Å². The smallest absolute Gasteiger partial charge is 1.00 e. The van der Waals surface area contributed by atoms with Crippen molar-refractivity contribution in [2.24, 2.45) is 0 Å². The van der Waals surface area contributed by atoms with Crippen molar-refractivity contribution in [1.82, 2.24) is 0 Å². The minimum Gasteiger partial charge on any atom is -1.00 e. The maximum atomic E-state index is 10.3. The van der Waals surface area contributed by atoms with Gasteiger partial charge >= 0.3 is 24.8 Å². The molecule has 0 saturated heterocycles. The molecule has 1 N–H and O–H groups in total. The van der Waals surface area contributed by atoms with E-state index in [1.165, 1.54) is 44.9 Å². The monoisotopic (exact) mass is 288 g/mol. The normalized spacial score (nSPS) is 11.1. The predicted octanol–water partition coefficient (Wildman–Crippen LogP) is 3.00. The van der Waals surface area contributed by atoms with E-state index in [0.717, 1.165) is 25.7 Å². The van der Waals surface area contributed by atoms with E-state index in [-0.39, 0.29) is 20.3 Å². The molecule has 0 fully saturated rings. The van der Waals surface area contributed by atoms with E-state index in [0.29, 0.717) is 6.42 Å². The third kappa shape index (κ3) is 22.0. The molecule has 0 aliphatic rings. The van der Waals surface area contributed by atoms with Gasteiger partial charge in [0, 0.05) is 6.42 Å². The Morgan fingerprint density at radius 1 is 0.857 bits per heavy atom.